The maximum atomic E-state index is 6.07. The molecule has 1 heterocycles. The maximum Gasteiger partial charge on any atom is 0.0590 e. The number of hydrogen-bond acceptors (Lipinski definition) is 4. The highest BCUT2D eigenvalue weighted by molar-refractivity contribution is 4.95. The van der Waals surface area contributed by atoms with Crippen molar-refractivity contribution < 1.29 is 9.47 Å². The second-order valence-corrected chi connectivity index (χ2v) is 4.98. The van der Waals surface area contributed by atoms with Gasteiger partial charge in [0.05, 0.1) is 6.61 Å². The lowest BCUT2D eigenvalue weighted by Crippen LogP contribution is -2.60. The van der Waals surface area contributed by atoms with Gasteiger partial charge in [0.1, 0.15) is 0 Å². The van der Waals surface area contributed by atoms with Gasteiger partial charge in [-0.25, -0.2) is 0 Å². The van der Waals surface area contributed by atoms with Gasteiger partial charge in [-0.3, -0.25) is 4.90 Å². The Morgan fingerprint density at radius 3 is 2.53 bits per heavy atom. The van der Waals surface area contributed by atoms with E-state index in [4.69, 9.17) is 15.2 Å². The van der Waals surface area contributed by atoms with E-state index in [1.54, 1.807) is 7.11 Å². The molecule has 102 valence electrons. The molecule has 0 amide bonds. The highest BCUT2D eigenvalue weighted by atomic mass is 16.5. The standard InChI is InChI=1S/C13H28N2O2/c1-4-12(2)15(7-10-16-3)13(11-14)5-8-17-9-6-13/h12H,4-11,14H2,1-3H3. The van der Waals surface area contributed by atoms with Crippen molar-refractivity contribution in [2.45, 2.75) is 44.7 Å². The number of methoxy groups -OCH3 is 1. The zero-order valence-electron chi connectivity index (χ0n) is 11.6. The van der Waals surface area contributed by atoms with Crippen molar-refractivity contribution in [1.82, 2.24) is 4.90 Å². The smallest absolute Gasteiger partial charge is 0.0590 e. The van der Waals surface area contributed by atoms with Gasteiger partial charge in [0.15, 0.2) is 0 Å². The summed E-state index contributed by atoms with van der Waals surface area (Å²) in [5.74, 6) is 0. The predicted octanol–water partition coefficient (Wildman–Crippen LogP) is 1.24. The van der Waals surface area contributed by atoms with E-state index >= 15 is 0 Å². The molecule has 1 saturated heterocycles. The molecule has 0 bridgehead atoms. The molecule has 1 aliphatic rings. The average molecular weight is 244 g/mol. The van der Waals surface area contributed by atoms with E-state index in [1.807, 2.05) is 0 Å². The first-order valence-electron chi connectivity index (χ1n) is 6.73. The molecule has 0 aromatic heterocycles. The fourth-order valence-electron chi connectivity index (χ4n) is 2.70. The summed E-state index contributed by atoms with van der Waals surface area (Å²) in [5.41, 5.74) is 6.18. The minimum atomic E-state index is 0.117. The van der Waals surface area contributed by atoms with Crippen LogP contribution in [-0.2, 0) is 9.47 Å². The number of nitrogens with two attached hydrogens (primary N) is 1. The molecular formula is C13H28N2O2. The molecule has 4 heteroatoms. The van der Waals surface area contributed by atoms with Crippen LogP contribution >= 0.6 is 0 Å². The molecule has 0 radical (unpaired) electrons. The third-order valence-corrected chi connectivity index (χ3v) is 4.07. The Morgan fingerprint density at radius 2 is 2.06 bits per heavy atom. The molecule has 0 saturated carbocycles. The van der Waals surface area contributed by atoms with Crippen LogP contribution in [0.25, 0.3) is 0 Å². The van der Waals surface area contributed by atoms with Crippen LogP contribution in [0.4, 0.5) is 0 Å². The molecule has 2 N–H and O–H groups in total. The Bertz CT molecular complexity index is 206. The van der Waals surface area contributed by atoms with Crippen LogP contribution in [0.1, 0.15) is 33.1 Å². The molecular weight excluding hydrogens is 216 g/mol. The molecule has 0 spiro atoms. The van der Waals surface area contributed by atoms with E-state index in [-0.39, 0.29) is 5.54 Å². The molecule has 1 unspecified atom stereocenters. The summed E-state index contributed by atoms with van der Waals surface area (Å²) in [5, 5.41) is 0. The second kappa shape index (κ2) is 7.31. The van der Waals surface area contributed by atoms with E-state index in [9.17, 15) is 0 Å². The van der Waals surface area contributed by atoms with E-state index in [2.05, 4.69) is 18.7 Å². The van der Waals surface area contributed by atoms with E-state index in [0.717, 1.165) is 45.6 Å². The molecule has 0 aromatic carbocycles. The average Bonchev–Trinajstić information content (AvgIpc) is 2.39. The third-order valence-electron chi connectivity index (χ3n) is 4.07. The molecule has 0 aliphatic carbocycles. The number of rotatable bonds is 7. The van der Waals surface area contributed by atoms with Crippen molar-refractivity contribution in [1.29, 1.82) is 0 Å². The topological polar surface area (TPSA) is 47.7 Å². The van der Waals surface area contributed by atoms with Crippen LogP contribution in [0.15, 0.2) is 0 Å². The lowest BCUT2D eigenvalue weighted by molar-refractivity contribution is -0.0493. The SMILES string of the molecule is CCC(C)N(CCOC)C1(CN)CCOCC1. The Hall–Kier alpha value is -0.160. The zero-order chi connectivity index (χ0) is 12.7. The molecule has 4 nitrogen and oxygen atoms in total. The Labute approximate surface area is 105 Å². The third kappa shape index (κ3) is 3.65. The molecule has 0 aromatic rings. The van der Waals surface area contributed by atoms with Crippen LogP contribution in [-0.4, -0.2) is 56.5 Å². The molecule has 1 atom stereocenters. The minimum absolute atomic E-state index is 0.117. The van der Waals surface area contributed by atoms with Gasteiger partial charge in [-0.1, -0.05) is 6.92 Å². The number of hydrogen-bond donors (Lipinski definition) is 1. The largest absolute Gasteiger partial charge is 0.383 e. The number of ether oxygens (including phenoxy) is 2. The van der Waals surface area contributed by atoms with Gasteiger partial charge in [-0.2, -0.15) is 0 Å². The van der Waals surface area contributed by atoms with Crippen molar-refractivity contribution in [3.8, 4) is 0 Å². The summed E-state index contributed by atoms with van der Waals surface area (Å²) in [6.45, 7) is 8.62. The van der Waals surface area contributed by atoms with Gasteiger partial charge >= 0.3 is 0 Å². The zero-order valence-corrected chi connectivity index (χ0v) is 11.6. The first-order chi connectivity index (χ1) is 8.20. The van der Waals surface area contributed by atoms with Gasteiger partial charge in [0.25, 0.3) is 0 Å². The fourth-order valence-corrected chi connectivity index (χ4v) is 2.70. The van der Waals surface area contributed by atoms with Crippen LogP contribution in [0, 0.1) is 0 Å². The van der Waals surface area contributed by atoms with Crippen molar-refractivity contribution in [3.63, 3.8) is 0 Å². The van der Waals surface area contributed by atoms with Crippen molar-refractivity contribution in [2.24, 2.45) is 5.73 Å². The van der Waals surface area contributed by atoms with Crippen molar-refractivity contribution in [2.75, 3.05) is 40.0 Å². The summed E-state index contributed by atoms with van der Waals surface area (Å²) in [6, 6.07) is 0.548. The summed E-state index contributed by atoms with van der Waals surface area (Å²) in [6.07, 6.45) is 3.22. The summed E-state index contributed by atoms with van der Waals surface area (Å²) in [7, 11) is 1.76. The van der Waals surface area contributed by atoms with Gasteiger partial charge < -0.3 is 15.2 Å². The van der Waals surface area contributed by atoms with Gasteiger partial charge in [-0.05, 0) is 26.2 Å². The summed E-state index contributed by atoms with van der Waals surface area (Å²) >= 11 is 0. The Balaban J connectivity index is 2.75. The first-order valence-corrected chi connectivity index (χ1v) is 6.73. The van der Waals surface area contributed by atoms with Gasteiger partial charge in [0.2, 0.25) is 0 Å². The van der Waals surface area contributed by atoms with Crippen LogP contribution < -0.4 is 5.73 Å². The van der Waals surface area contributed by atoms with Crippen molar-refractivity contribution >= 4 is 0 Å². The lowest BCUT2D eigenvalue weighted by atomic mass is 9.86. The quantitative estimate of drug-likeness (QED) is 0.732. The fraction of sp³-hybridized carbons (Fsp3) is 1.00. The normalized spacial score (nSPS) is 21.7. The van der Waals surface area contributed by atoms with Gasteiger partial charge in [-0.15, -0.1) is 0 Å². The van der Waals surface area contributed by atoms with E-state index in [0.29, 0.717) is 12.6 Å². The van der Waals surface area contributed by atoms with Gasteiger partial charge in [0, 0.05) is 45.0 Å². The lowest BCUT2D eigenvalue weighted by Gasteiger charge is -2.48. The molecule has 1 fully saturated rings. The monoisotopic (exact) mass is 244 g/mol. The van der Waals surface area contributed by atoms with Crippen molar-refractivity contribution in [3.05, 3.63) is 0 Å². The number of nitrogens with zero attached hydrogens (tertiary/aromatic N) is 1. The molecule has 17 heavy (non-hydrogen) atoms. The highest BCUT2D eigenvalue weighted by Crippen LogP contribution is 2.29. The van der Waals surface area contributed by atoms with Crippen LogP contribution in [0.3, 0.4) is 0 Å². The van der Waals surface area contributed by atoms with E-state index in [1.165, 1.54) is 0 Å². The van der Waals surface area contributed by atoms with Crippen LogP contribution in [0.2, 0.25) is 0 Å². The Morgan fingerprint density at radius 1 is 1.41 bits per heavy atom. The molecule has 1 aliphatic heterocycles. The van der Waals surface area contributed by atoms with Crippen LogP contribution in [0.5, 0.6) is 0 Å². The first kappa shape index (κ1) is 14.9. The Kier molecular flexibility index (Phi) is 6.41. The maximum absolute atomic E-state index is 6.07. The predicted molar refractivity (Wildman–Crippen MR) is 70.2 cm³/mol. The summed E-state index contributed by atoms with van der Waals surface area (Å²) in [4.78, 5) is 2.54. The van der Waals surface area contributed by atoms with E-state index < -0.39 is 0 Å². The highest BCUT2D eigenvalue weighted by Gasteiger charge is 2.38. The summed E-state index contributed by atoms with van der Waals surface area (Å²) < 4.78 is 10.7. The minimum Gasteiger partial charge on any atom is -0.383 e. The second-order valence-electron chi connectivity index (χ2n) is 4.98. The molecule has 1 rings (SSSR count).